The Kier molecular flexibility index (Phi) is 29.4. The Bertz CT molecular complexity index is 1430. The van der Waals surface area contributed by atoms with Crippen LogP contribution in [0, 0.1) is 0 Å². The summed E-state index contributed by atoms with van der Waals surface area (Å²) in [6, 6.07) is 9.45. The molecule has 0 fully saturated rings. The monoisotopic (exact) mass is 839 g/mol. The van der Waals surface area contributed by atoms with Crippen LogP contribution >= 0.6 is 0 Å². The molecule has 2 aromatic carbocycles. The second kappa shape index (κ2) is 32.7. The van der Waals surface area contributed by atoms with E-state index in [4.69, 9.17) is 0 Å². The van der Waals surface area contributed by atoms with Gasteiger partial charge in [-0.3, -0.25) is 0 Å². The molecule has 0 N–H and O–H groups in total. The Labute approximate surface area is 367 Å². The number of allylic oxidation sites excluding steroid dienone is 2. The molecule has 0 amide bonds. The van der Waals surface area contributed by atoms with Crippen molar-refractivity contribution in [3.63, 3.8) is 0 Å². The molecule has 0 saturated heterocycles. The van der Waals surface area contributed by atoms with E-state index in [9.17, 15) is 5.53 Å². The Morgan fingerprint density at radius 2 is 0.707 bits per heavy atom. The van der Waals surface area contributed by atoms with E-state index in [2.05, 4.69) is 90.6 Å². The molecule has 1 aliphatic heterocycles. The Hall–Kier alpha value is -1.99. The molecule has 2 nitrogen and oxygen atoms in total. The van der Waals surface area contributed by atoms with Crippen LogP contribution in [-0.4, -0.2) is 4.70 Å². The van der Waals surface area contributed by atoms with Gasteiger partial charge in [0.1, 0.15) is 0 Å². The van der Waals surface area contributed by atoms with Crippen molar-refractivity contribution in [2.24, 2.45) is 0 Å². The van der Waals surface area contributed by atoms with Crippen LogP contribution in [0.25, 0.3) is 16.9 Å². The van der Waals surface area contributed by atoms with Crippen molar-refractivity contribution in [1.82, 2.24) is 0 Å². The van der Waals surface area contributed by atoms with Crippen LogP contribution in [-0.2, 0) is 53.0 Å². The first-order valence-corrected chi connectivity index (χ1v) is 26.8. The van der Waals surface area contributed by atoms with Crippen LogP contribution in [0.1, 0.15) is 247 Å². The number of nitrogens with zero attached hydrogens (tertiary/aromatic N) is 2. The van der Waals surface area contributed by atoms with E-state index in [0.717, 1.165) is 61.9 Å². The molecule has 3 rings (SSSR count). The van der Waals surface area contributed by atoms with Gasteiger partial charge in [0.15, 0.2) is 0 Å². The van der Waals surface area contributed by atoms with E-state index in [1.165, 1.54) is 192 Å². The maximum atomic E-state index is 12.0. The van der Waals surface area contributed by atoms with Crippen LogP contribution in [0.2, 0.25) is 11.8 Å². The molecule has 0 unspecified atom stereocenters. The van der Waals surface area contributed by atoms with Crippen molar-refractivity contribution in [3.05, 3.63) is 86.0 Å². The molecule has 0 aliphatic carbocycles. The second-order valence-corrected chi connectivity index (χ2v) is 18.2. The summed E-state index contributed by atoms with van der Waals surface area (Å²) in [5, 5.41) is 0. The van der Waals surface area contributed by atoms with Gasteiger partial charge < -0.3 is 5.53 Å². The molecule has 1 heterocycles. The van der Waals surface area contributed by atoms with Crippen LogP contribution < -0.4 is 0 Å². The first kappa shape index (κ1) is 52.2. The zero-order chi connectivity index (χ0) is 42.4. The fourth-order valence-corrected chi connectivity index (χ4v) is 9.41. The predicted octanol–water partition coefficient (Wildman–Crippen LogP) is 18.4. The zero-order valence-electron chi connectivity index (χ0n) is 39.8. The van der Waals surface area contributed by atoms with E-state index < -0.39 is 0 Å². The summed E-state index contributed by atoms with van der Waals surface area (Å²) in [5.41, 5.74) is 26.3. The average Bonchev–Trinajstić information content (AvgIpc) is 3.57. The van der Waals surface area contributed by atoms with E-state index >= 15 is 0 Å². The Morgan fingerprint density at radius 3 is 1.00 bits per heavy atom. The molecule has 0 saturated carbocycles. The van der Waals surface area contributed by atoms with Gasteiger partial charge in [0.25, 0.3) is 0 Å². The molecule has 332 valence electrons. The third kappa shape index (κ3) is 18.3. The van der Waals surface area contributed by atoms with Crippen molar-refractivity contribution in [2.45, 2.75) is 253 Å². The normalized spacial score (nSPS) is 12.8. The SMILES string of the molecule is CCCCCCCCCCCCCCCCCCCCCCCCCC1=C(c2cc(CC)c(CC)c(CC)c2)[N+](=[N-])C(c2cc(CC)c(CC)c(CC)c2)=C1.[CH3][Ni][CH3]. The number of benzene rings is 2. The first-order valence-electron chi connectivity index (χ1n) is 24.8. The number of hydrogen-bond donors (Lipinski definition) is 0. The quantitative estimate of drug-likeness (QED) is 0.0398. The number of unbranched alkanes of at least 4 members (excludes halogenated alkanes) is 22. The van der Waals surface area contributed by atoms with Gasteiger partial charge in [0.05, 0.1) is 0 Å². The summed E-state index contributed by atoms with van der Waals surface area (Å²) < 4.78 is 1.55. The van der Waals surface area contributed by atoms with E-state index in [1.54, 1.807) is 19.1 Å². The average molecular weight is 840 g/mol. The van der Waals surface area contributed by atoms with E-state index in [1.807, 2.05) is 0 Å². The van der Waals surface area contributed by atoms with Gasteiger partial charge in [-0.15, -0.1) is 0 Å². The molecule has 1 aliphatic rings. The summed E-state index contributed by atoms with van der Waals surface area (Å²) in [6.45, 7) is 15.9. The van der Waals surface area contributed by atoms with Crippen molar-refractivity contribution < 1.29 is 19.1 Å². The van der Waals surface area contributed by atoms with E-state index in [-0.39, 0.29) is 0 Å². The zero-order valence-corrected chi connectivity index (χ0v) is 40.8. The molecule has 0 atom stereocenters. The fourth-order valence-electron chi connectivity index (χ4n) is 9.41. The molecule has 0 radical (unpaired) electrons. The third-order valence-corrected chi connectivity index (χ3v) is 12.8. The fraction of sp³-hybridized carbons (Fsp3) is 0.709. The first-order chi connectivity index (χ1) is 28.4. The minimum atomic E-state index is 0.946. The van der Waals surface area contributed by atoms with Gasteiger partial charge in [0.2, 0.25) is 11.4 Å². The summed E-state index contributed by atoms with van der Waals surface area (Å²) in [6.07, 6.45) is 42.1. The number of hydrogen-bond acceptors (Lipinski definition) is 0. The number of aryl methyl sites for hydroxylation is 4. The molecule has 3 heteroatoms. The van der Waals surface area contributed by atoms with Crippen molar-refractivity contribution in [1.29, 1.82) is 0 Å². The summed E-state index contributed by atoms with van der Waals surface area (Å²) in [4.78, 5) is 0. The van der Waals surface area contributed by atoms with Gasteiger partial charge in [0, 0.05) is 22.8 Å². The van der Waals surface area contributed by atoms with Gasteiger partial charge >= 0.3 is 26.2 Å². The molecule has 0 bridgehead atoms. The van der Waals surface area contributed by atoms with Gasteiger partial charge in [-0.05, 0) is 109 Å². The molecule has 58 heavy (non-hydrogen) atoms. The van der Waals surface area contributed by atoms with Crippen LogP contribution in [0.15, 0.2) is 35.9 Å². The molecule has 0 aromatic heterocycles. The van der Waals surface area contributed by atoms with Gasteiger partial charge in [-0.1, -0.05) is 190 Å². The second-order valence-electron chi connectivity index (χ2n) is 17.2. The number of rotatable bonds is 32. The predicted molar refractivity (Wildman–Crippen MR) is 256 cm³/mol. The topological polar surface area (TPSA) is 25.3 Å². The molecule has 2 aromatic rings. The summed E-state index contributed by atoms with van der Waals surface area (Å²) >= 11 is 1.62. The molecular formula is C55H92N2Ni. The van der Waals surface area contributed by atoms with Crippen molar-refractivity contribution >= 4 is 11.4 Å². The summed E-state index contributed by atoms with van der Waals surface area (Å²) in [7, 11) is 0. The summed E-state index contributed by atoms with van der Waals surface area (Å²) in [5.74, 6) is 4.12. The Morgan fingerprint density at radius 1 is 0.414 bits per heavy atom. The van der Waals surface area contributed by atoms with Crippen molar-refractivity contribution in [2.75, 3.05) is 0 Å². The van der Waals surface area contributed by atoms with Crippen LogP contribution in [0.4, 0.5) is 0 Å². The Balaban J connectivity index is 0.00000374. The van der Waals surface area contributed by atoms with Gasteiger partial charge in [-0.25, -0.2) is 4.70 Å². The third-order valence-electron chi connectivity index (χ3n) is 12.8. The van der Waals surface area contributed by atoms with Gasteiger partial charge in [-0.2, -0.15) is 0 Å². The molecule has 0 spiro atoms. The van der Waals surface area contributed by atoms with E-state index in [0.29, 0.717) is 0 Å². The standard InChI is InChI=1S/C53H86N2.2CH3.Ni/c1-8-15-16-17-18-19-20-21-22-23-24-25-26-27-28-29-30-31-32-33-34-35-36-37-47-42-52(48-38-43(9-2)50(13-6)44(10-3)39-48)55(54)53(47)49-40-45(11-4)51(14-7)46(12-5)41-49;;;/h38-42H,8-37H2,1-7H3;2*1H3;. The minimum absolute atomic E-state index is 0.946. The van der Waals surface area contributed by atoms with Crippen LogP contribution in [0.5, 0.6) is 0 Å². The van der Waals surface area contributed by atoms with Crippen LogP contribution in [0.3, 0.4) is 0 Å². The van der Waals surface area contributed by atoms with Crippen molar-refractivity contribution in [3.8, 4) is 0 Å². The molecular weight excluding hydrogens is 747 g/mol. The maximum absolute atomic E-state index is 12.0.